The highest BCUT2D eigenvalue weighted by Crippen LogP contribution is 2.20. The van der Waals surface area contributed by atoms with E-state index in [1.807, 2.05) is 29.7 Å². The van der Waals surface area contributed by atoms with Gasteiger partial charge in [-0.05, 0) is 42.3 Å². The van der Waals surface area contributed by atoms with Crippen LogP contribution in [0.25, 0.3) is 34.6 Å². The highest BCUT2D eigenvalue weighted by atomic mass is 32.1. The summed E-state index contributed by atoms with van der Waals surface area (Å²) in [4.78, 5) is 22.1. The summed E-state index contributed by atoms with van der Waals surface area (Å²) in [6.07, 6.45) is 5.60. The van der Waals surface area contributed by atoms with Gasteiger partial charge in [0.15, 0.2) is 0 Å². The molecule has 0 aromatic carbocycles. The van der Waals surface area contributed by atoms with Crippen LogP contribution in [0.3, 0.4) is 0 Å². The molecule has 0 aliphatic carbocycles. The zero-order valence-electron chi connectivity index (χ0n) is 15.7. The molecule has 4 aromatic heterocycles. The lowest BCUT2D eigenvalue weighted by Crippen LogP contribution is -2.13. The van der Waals surface area contributed by atoms with Crippen molar-refractivity contribution in [1.29, 1.82) is 0 Å². The van der Waals surface area contributed by atoms with Gasteiger partial charge in [0.1, 0.15) is 10.7 Å². The van der Waals surface area contributed by atoms with Crippen molar-refractivity contribution in [1.82, 2.24) is 35.2 Å². The first-order valence-electron chi connectivity index (χ1n) is 8.98. The van der Waals surface area contributed by atoms with E-state index in [0.717, 1.165) is 16.4 Å². The van der Waals surface area contributed by atoms with Crippen molar-refractivity contribution in [2.75, 3.05) is 0 Å². The summed E-state index contributed by atoms with van der Waals surface area (Å²) in [5.74, 6) is 0.687. The Morgan fingerprint density at radius 2 is 2.11 bits per heavy atom. The molecule has 0 amide bonds. The number of nitrogens with one attached hydrogen (secondary N) is 1. The Balaban J connectivity index is 1.75. The number of hydrogen-bond acceptors (Lipinski definition) is 7. The number of aromatic nitrogens is 7. The van der Waals surface area contributed by atoms with E-state index in [1.54, 1.807) is 23.6 Å². The van der Waals surface area contributed by atoms with Crippen LogP contribution in [0.5, 0.6) is 0 Å². The van der Waals surface area contributed by atoms with Crippen molar-refractivity contribution in [3.05, 3.63) is 50.3 Å². The summed E-state index contributed by atoms with van der Waals surface area (Å²) < 4.78 is 1.92. The van der Waals surface area contributed by atoms with Gasteiger partial charge in [0, 0.05) is 18.1 Å². The van der Waals surface area contributed by atoms with Gasteiger partial charge in [-0.2, -0.15) is 5.21 Å². The molecule has 0 aliphatic rings. The fourth-order valence-electron chi connectivity index (χ4n) is 2.85. The zero-order chi connectivity index (χ0) is 19.7. The van der Waals surface area contributed by atoms with E-state index in [1.165, 1.54) is 0 Å². The largest absolute Gasteiger partial charge is 0.332 e. The molecule has 1 N–H and O–H groups in total. The van der Waals surface area contributed by atoms with Crippen LogP contribution >= 0.6 is 11.3 Å². The third kappa shape index (κ3) is 3.36. The van der Waals surface area contributed by atoms with Crippen LogP contribution in [-0.2, 0) is 6.54 Å². The van der Waals surface area contributed by atoms with Gasteiger partial charge in [-0.15, -0.1) is 21.5 Å². The van der Waals surface area contributed by atoms with Gasteiger partial charge in [0.2, 0.25) is 11.3 Å². The van der Waals surface area contributed by atoms with E-state index < -0.39 is 0 Å². The lowest BCUT2D eigenvalue weighted by atomic mass is 10.1. The minimum absolute atomic E-state index is 0.161. The van der Waals surface area contributed by atoms with Crippen LogP contribution < -0.4 is 5.43 Å². The molecule has 4 heterocycles. The van der Waals surface area contributed by atoms with E-state index >= 15 is 0 Å². The number of pyridine rings is 2. The van der Waals surface area contributed by atoms with Gasteiger partial charge >= 0.3 is 0 Å². The van der Waals surface area contributed by atoms with E-state index in [0.29, 0.717) is 29.1 Å². The molecule has 0 saturated carbocycles. The Bertz CT molecular complexity index is 1200. The number of aromatic amines is 1. The topological polar surface area (TPSA) is 102 Å². The monoisotopic (exact) mass is 393 g/mol. The van der Waals surface area contributed by atoms with Crippen molar-refractivity contribution in [3.8, 4) is 11.4 Å². The fraction of sp³-hybridized carbons (Fsp3) is 0.263. The number of thiazole rings is 1. The van der Waals surface area contributed by atoms with E-state index in [4.69, 9.17) is 0 Å². The van der Waals surface area contributed by atoms with Gasteiger partial charge < -0.3 is 4.57 Å². The second-order valence-corrected chi connectivity index (χ2v) is 7.49. The maximum Gasteiger partial charge on any atom is 0.210 e. The molecule has 0 bridgehead atoms. The molecular weight excluding hydrogens is 374 g/mol. The second kappa shape index (κ2) is 7.43. The molecule has 0 fully saturated rings. The van der Waals surface area contributed by atoms with Crippen LogP contribution in [0, 0.1) is 0 Å². The molecule has 0 radical (unpaired) electrons. The molecule has 4 aromatic rings. The summed E-state index contributed by atoms with van der Waals surface area (Å²) in [6, 6.07) is 3.62. The minimum atomic E-state index is -0.161. The molecule has 28 heavy (non-hydrogen) atoms. The van der Waals surface area contributed by atoms with Crippen molar-refractivity contribution < 1.29 is 0 Å². The van der Waals surface area contributed by atoms with Crippen molar-refractivity contribution in [2.24, 2.45) is 0 Å². The SMILES string of the molecule is CCn1cc(-c2nn[nH]n2)c(=O)c2ccc(/C=C/c3nc(C(C)C)cs3)nc21. The molecule has 0 spiro atoms. The van der Waals surface area contributed by atoms with Gasteiger partial charge in [0.05, 0.1) is 22.3 Å². The fourth-order valence-corrected chi connectivity index (χ4v) is 3.72. The summed E-state index contributed by atoms with van der Waals surface area (Å²) in [5, 5.41) is 17.3. The Labute approximate surface area is 165 Å². The minimum Gasteiger partial charge on any atom is -0.332 e. The number of aryl methyl sites for hydroxylation is 1. The average Bonchev–Trinajstić information content (AvgIpc) is 3.39. The first-order valence-corrected chi connectivity index (χ1v) is 9.86. The Kier molecular flexibility index (Phi) is 4.82. The maximum absolute atomic E-state index is 12.9. The van der Waals surface area contributed by atoms with Crippen LogP contribution in [0.1, 0.15) is 43.1 Å². The maximum atomic E-state index is 12.9. The highest BCUT2D eigenvalue weighted by molar-refractivity contribution is 7.10. The van der Waals surface area contributed by atoms with Gasteiger partial charge in [-0.1, -0.05) is 13.8 Å². The molecule has 0 atom stereocenters. The first-order chi connectivity index (χ1) is 13.6. The summed E-state index contributed by atoms with van der Waals surface area (Å²) in [7, 11) is 0. The normalized spacial score (nSPS) is 11.9. The van der Waals surface area contributed by atoms with Gasteiger partial charge in [0.25, 0.3) is 0 Å². The first kappa shape index (κ1) is 18.2. The molecule has 0 unspecified atom stereocenters. The van der Waals surface area contributed by atoms with Gasteiger partial charge in [-0.3, -0.25) is 4.79 Å². The molecular formula is C19H19N7OS. The number of nitrogens with zero attached hydrogens (tertiary/aromatic N) is 6. The number of tetrazole rings is 1. The van der Waals surface area contributed by atoms with Crippen LogP contribution in [0.15, 0.2) is 28.5 Å². The van der Waals surface area contributed by atoms with Crippen molar-refractivity contribution in [2.45, 2.75) is 33.2 Å². The van der Waals surface area contributed by atoms with E-state index in [2.05, 4.69) is 49.8 Å². The Morgan fingerprint density at radius 1 is 1.25 bits per heavy atom. The predicted octanol–water partition coefficient (Wildman–Crippen LogP) is 3.35. The van der Waals surface area contributed by atoms with E-state index in [-0.39, 0.29) is 11.3 Å². The number of hydrogen-bond donors (Lipinski definition) is 1. The zero-order valence-corrected chi connectivity index (χ0v) is 16.6. The summed E-state index contributed by atoms with van der Waals surface area (Å²) >= 11 is 1.61. The standard InChI is InChI=1S/C19H19N7OS/c1-4-26-9-14(18-22-24-25-23-18)17(27)13-7-5-12(20-19(13)26)6-8-16-21-15(10-28-16)11(2)3/h5-11H,4H2,1-3H3,(H,22,23,24,25)/b8-6+. The van der Waals surface area contributed by atoms with Crippen molar-refractivity contribution in [3.63, 3.8) is 0 Å². The van der Waals surface area contributed by atoms with Gasteiger partial charge in [-0.25, -0.2) is 9.97 Å². The predicted molar refractivity (Wildman–Crippen MR) is 110 cm³/mol. The van der Waals surface area contributed by atoms with Crippen LogP contribution in [-0.4, -0.2) is 35.2 Å². The molecule has 0 aliphatic heterocycles. The molecule has 4 rings (SSSR count). The molecule has 8 nitrogen and oxygen atoms in total. The molecule has 142 valence electrons. The second-order valence-electron chi connectivity index (χ2n) is 6.60. The lowest BCUT2D eigenvalue weighted by Gasteiger charge is -2.09. The lowest BCUT2D eigenvalue weighted by molar-refractivity contribution is 0.777. The highest BCUT2D eigenvalue weighted by Gasteiger charge is 2.14. The number of H-pyrrole nitrogens is 1. The third-order valence-electron chi connectivity index (χ3n) is 4.40. The number of fused-ring (bicyclic) bond motifs is 1. The van der Waals surface area contributed by atoms with Crippen LogP contribution in [0.4, 0.5) is 0 Å². The quantitative estimate of drug-likeness (QED) is 0.558. The summed E-state index contributed by atoms with van der Waals surface area (Å²) in [6.45, 7) is 6.91. The average molecular weight is 393 g/mol. The number of rotatable bonds is 5. The smallest absolute Gasteiger partial charge is 0.210 e. The Morgan fingerprint density at radius 3 is 2.79 bits per heavy atom. The third-order valence-corrected chi connectivity index (χ3v) is 5.23. The van der Waals surface area contributed by atoms with E-state index in [9.17, 15) is 4.79 Å². The molecule has 0 saturated heterocycles. The van der Waals surface area contributed by atoms with Crippen molar-refractivity contribution >= 4 is 34.5 Å². The Hall–Kier alpha value is -3.20. The molecule has 9 heteroatoms. The summed E-state index contributed by atoms with van der Waals surface area (Å²) in [5.41, 5.74) is 2.72. The van der Waals surface area contributed by atoms with Crippen LogP contribution in [0.2, 0.25) is 0 Å².